The Morgan fingerprint density at radius 1 is 1.38 bits per heavy atom. The zero-order valence-electron chi connectivity index (χ0n) is 12.1. The van der Waals surface area contributed by atoms with Crippen LogP contribution in [0.25, 0.3) is 0 Å². The number of thioether (sulfide) groups is 1. The normalized spacial score (nSPS) is 26.4. The third kappa shape index (κ3) is 3.40. The molecule has 1 aromatic rings. The Hall–Kier alpha value is -1.27. The van der Waals surface area contributed by atoms with Crippen LogP contribution in [0.5, 0.6) is 0 Å². The molecule has 0 radical (unpaired) electrons. The van der Waals surface area contributed by atoms with Crippen molar-refractivity contribution in [3.05, 3.63) is 28.2 Å². The van der Waals surface area contributed by atoms with Crippen molar-refractivity contribution < 1.29 is 13.2 Å². The van der Waals surface area contributed by atoms with E-state index in [0.29, 0.717) is 20.9 Å². The number of carbonyl (C=O) groups is 1. The van der Waals surface area contributed by atoms with Gasteiger partial charge in [-0.3, -0.25) is 4.79 Å². The first-order valence-electron chi connectivity index (χ1n) is 6.90. The highest BCUT2D eigenvalue weighted by molar-refractivity contribution is 8.16. The third-order valence-corrected chi connectivity index (χ3v) is 7.65. The summed E-state index contributed by atoms with van der Waals surface area (Å²) >= 11 is 13.2. The first-order valence-corrected chi connectivity index (χ1v) is 10.4. The zero-order chi connectivity index (χ0) is 17.5. The molecule has 2 heterocycles. The fraction of sp³-hybridized carbons (Fsp3) is 0.357. The van der Waals surface area contributed by atoms with Gasteiger partial charge in [-0.25, -0.2) is 8.42 Å². The molecule has 0 aliphatic carbocycles. The molecule has 24 heavy (non-hydrogen) atoms. The first kappa shape index (κ1) is 17.5. The van der Waals surface area contributed by atoms with Gasteiger partial charge in [0.25, 0.3) is 5.91 Å². The summed E-state index contributed by atoms with van der Waals surface area (Å²) in [6.45, 7) is 0. The number of fused-ring (bicyclic) bond motifs is 1. The van der Waals surface area contributed by atoms with Crippen molar-refractivity contribution in [1.82, 2.24) is 0 Å². The molecule has 2 aliphatic rings. The fourth-order valence-electron chi connectivity index (χ4n) is 2.72. The maximum absolute atomic E-state index is 11.9. The lowest BCUT2D eigenvalue weighted by Gasteiger charge is -2.24. The molecule has 3 rings (SSSR count). The van der Waals surface area contributed by atoms with Crippen molar-refractivity contribution in [3.63, 3.8) is 0 Å². The largest absolute Gasteiger partial charge is 0.316 e. The summed E-state index contributed by atoms with van der Waals surface area (Å²) in [6.07, 6.45) is -0.326. The summed E-state index contributed by atoms with van der Waals surface area (Å²) in [6, 6.07) is 6.35. The number of aliphatic imine (C=N–C) groups is 1. The minimum Gasteiger partial charge on any atom is -0.316 e. The molecular formula is C14H11Cl2N3O3S2. The molecule has 2 atom stereocenters. The maximum atomic E-state index is 11.9. The second-order valence-electron chi connectivity index (χ2n) is 5.39. The number of hydrogen-bond donors (Lipinski definition) is 0. The summed E-state index contributed by atoms with van der Waals surface area (Å²) in [5, 5.41) is 9.50. The van der Waals surface area contributed by atoms with Crippen LogP contribution in [0.2, 0.25) is 10.0 Å². The van der Waals surface area contributed by atoms with Crippen molar-refractivity contribution in [2.75, 3.05) is 16.4 Å². The second-order valence-corrected chi connectivity index (χ2v) is 9.57. The molecule has 10 heteroatoms. The van der Waals surface area contributed by atoms with Gasteiger partial charge in [-0.1, -0.05) is 35.0 Å². The zero-order valence-corrected chi connectivity index (χ0v) is 15.3. The monoisotopic (exact) mass is 403 g/mol. The number of benzene rings is 1. The summed E-state index contributed by atoms with van der Waals surface area (Å²) < 4.78 is 23.9. The van der Waals surface area contributed by atoms with Gasteiger partial charge in [0, 0.05) is 10.9 Å². The molecule has 0 N–H and O–H groups in total. The minimum atomic E-state index is -3.14. The summed E-state index contributed by atoms with van der Waals surface area (Å²) in [5.41, 5.74) is 0.616. The highest BCUT2D eigenvalue weighted by Crippen LogP contribution is 2.42. The average Bonchev–Trinajstić information content (AvgIpc) is 2.93. The smallest absolute Gasteiger partial charge is 0.262 e. The van der Waals surface area contributed by atoms with Gasteiger partial charge < -0.3 is 4.90 Å². The lowest BCUT2D eigenvalue weighted by atomic mass is 10.2. The average molecular weight is 404 g/mol. The van der Waals surface area contributed by atoms with E-state index >= 15 is 0 Å². The molecular weight excluding hydrogens is 393 g/mol. The Kier molecular flexibility index (Phi) is 4.80. The Morgan fingerprint density at radius 2 is 2.12 bits per heavy atom. The van der Waals surface area contributed by atoms with Crippen molar-refractivity contribution in [2.24, 2.45) is 4.99 Å². The Balaban J connectivity index is 2.03. The molecule has 2 saturated heterocycles. The first-order chi connectivity index (χ1) is 11.3. The van der Waals surface area contributed by atoms with Gasteiger partial charge >= 0.3 is 0 Å². The van der Waals surface area contributed by atoms with Gasteiger partial charge in [0.15, 0.2) is 15.0 Å². The molecule has 1 amide bonds. The fourth-order valence-corrected chi connectivity index (χ4v) is 6.94. The molecule has 126 valence electrons. The number of anilines is 1. The van der Waals surface area contributed by atoms with Crippen molar-refractivity contribution in [3.8, 4) is 6.07 Å². The van der Waals surface area contributed by atoms with Crippen LogP contribution in [0.1, 0.15) is 6.42 Å². The molecule has 2 fully saturated rings. The van der Waals surface area contributed by atoms with Crippen LogP contribution in [-0.4, -0.2) is 42.3 Å². The number of carbonyl (C=O) groups excluding carboxylic acids is 1. The van der Waals surface area contributed by atoms with Crippen LogP contribution in [-0.2, 0) is 14.6 Å². The molecule has 2 aliphatic heterocycles. The summed E-state index contributed by atoms with van der Waals surface area (Å²) in [7, 11) is -3.14. The molecule has 0 saturated carbocycles. The summed E-state index contributed by atoms with van der Waals surface area (Å²) in [5.74, 6) is -0.546. The van der Waals surface area contributed by atoms with Gasteiger partial charge in [-0.15, -0.1) is 0 Å². The number of amidine groups is 1. The van der Waals surface area contributed by atoms with E-state index < -0.39 is 15.7 Å². The number of halogens is 2. The van der Waals surface area contributed by atoms with Crippen LogP contribution in [0, 0.1) is 11.3 Å². The molecule has 0 spiro atoms. The predicted octanol–water partition coefficient (Wildman–Crippen LogP) is 2.51. The topological polar surface area (TPSA) is 90.6 Å². The van der Waals surface area contributed by atoms with Gasteiger partial charge in [0.05, 0.1) is 33.7 Å². The van der Waals surface area contributed by atoms with Crippen molar-refractivity contribution in [2.45, 2.75) is 17.7 Å². The lowest BCUT2D eigenvalue weighted by Crippen LogP contribution is -2.37. The highest BCUT2D eigenvalue weighted by atomic mass is 35.5. The Labute approximate surface area is 153 Å². The van der Waals surface area contributed by atoms with E-state index in [0.717, 1.165) is 0 Å². The van der Waals surface area contributed by atoms with E-state index in [4.69, 9.17) is 28.5 Å². The standard InChI is InChI=1S/C14H11Cl2N3O3S2/c15-9-2-1-8(5-10(9)16)19-11-6-24(21,22)7-12(11)23-14(19)18-13(20)3-4-17/h1-2,5,11-12H,3,6-7H2/t11-,12+/m0/s1. The van der Waals surface area contributed by atoms with E-state index in [1.54, 1.807) is 29.2 Å². The van der Waals surface area contributed by atoms with Gasteiger partial charge in [-0.2, -0.15) is 10.3 Å². The van der Waals surface area contributed by atoms with Gasteiger partial charge in [-0.05, 0) is 18.2 Å². The number of hydrogen-bond acceptors (Lipinski definition) is 5. The van der Waals surface area contributed by atoms with Crippen LogP contribution in [0.15, 0.2) is 23.2 Å². The van der Waals surface area contributed by atoms with E-state index in [9.17, 15) is 13.2 Å². The number of rotatable bonds is 2. The Morgan fingerprint density at radius 3 is 2.79 bits per heavy atom. The van der Waals surface area contributed by atoms with Gasteiger partial charge in [0.1, 0.15) is 6.42 Å². The third-order valence-electron chi connectivity index (χ3n) is 3.70. The number of nitriles is 1. The highest BCUT2D eigenvalue weighted by Gasteiger charge is 2.49. The second kappa shape index (κ2) is 6.56. The van der Waals surface area contributed by atoms with Gasteiger partial charge in [0.2, 0.25) is 0 Å². The molecule has 1 aromatic carbocycles. The molecule has 0 bridgehead atoms. The maximum Gasteiger partial charge on any atom is 0.262 e. The predicted molar refractivity (Wildman–Crippen MR) is 95.4 cm³/mol. The van der Waals surface area contributed by atoms with Crippen molar-refractivity contribution in [1.29, 1.82) is 5.26 Å². The quantitative estimate of drug-likeness (QED) is 0.753. The van der Waals surface area contributed by atoms with Crippen LogP contribution in [0.4, 0.5) is 5.69 Å². The van der Waals surface area contributed by atoms with Crippen LogP contribution >= 0.6 is 35.0 Å². The minimum absolute atomic E-state index is 0.0175. The Bertz CT molecular complexity index is 880. The molecule has 0 aromatic heterocycles. The van der Waals surface area contributed by atoms with E-state index in [-0.39, 0.29) is 29.2 Å². The van der Waals surface area contributed by atoms with Crippen LogP contribution < -0.4 is 4.90 Å². The molecule has 0 unspecified atom stereocenters. The van der Waals surface area contributed by atoms with E-state index in [1.165, 1.54) is 11.8 Å². The van der Waals surface area contributed by atoms with Crippen LogP contribution in [0.3, 0.4) is 0 Å². The summed E-state index contributed by atoms with van der Waals surface area (Å²) in [4.78, 5) is 17.4. The van der Waals surface area contributed by atoms with E-state index in [1.807, 2.05) is 0 Å². The van der Waals surface area contributed by atoms with Crippen molar-refractivity contribution >= 4 is 61.6 Å². The lowest BCUT2D eigenvalue weighted by molar-refractivity contribution is -0.116. The van der Waals surface area contributed by atoms with E-state index in [2.05, 4.69) is 4.99 Å². The number of amides is 1. The SMILES string of the molecule is N#CCC(=O)N=C1S[C@@H]2CS(=O)(=O)C[C@@H]2N1c1ccc(Cl)c(Cl)c1. The number of nitrogens with zero attached hydrogens (tertiary/aromatic N) is 3. The molecule has 6 nitrogen and oxygen atoms in total. The number of sulfone groups is 1.